The molecule has 0 saturated carbocycles. The summed E-state index contributed by atoms with van der Waals surface area (Å²) in [5.74, 6) is -0.145. The van der Waals surface area contributed by atoms with Crippen molar-refractivity contribution in [2.75, 3.05) is 25.0 Å². The molecule has 2 aromatic carbocycles. The van der Waals surface area contributed by atoms with Crippen LogP contribution in [0.25, 0.3) is 0 Å². The van der Waals surface area contributed by atoms with E-state index in [9.17, 15) is 18.0 Å². The molecule has 2 amide bonds. The van der Waals surface area contributed by atoms with E-state index in [4.69, 9.17) is 0 Å². The average molecular weight is 486 g/mol. The number of hydrogen-bond acceptors (Lipinski definition) is 5. The van der Waals surface area contributed by atoms with Crippen LogP contribution in [-0.4, -0.2) is 54.3 Å². The maximum atomic E-state index is 13.2. The number of rotatable bonds is 3. The number of piperidine rings is 1. The molecule has 33 heavy (non-hydrogen) atoms. The number of benzene rings is 2. The number of sulfonamides is 1. The van der Waals surface area contributed by atoms with Gasteiger partial charge in [-0.3, -0.25) is 9.59 Å². The fraction of sp³-hybridized carbons (Fsp3) is 0.417. The van der Waals surface area contributed by atoms with E-state index < -0.39 is 10.0 Å². The van der Waals surface area contributed by atoms with Gasteiger partial charge in [-0.25, -0.2) is 8.42 Å². The molecular weight excluding hydrogens is 458 g/mol. The normalized spacial score (nSPS) is 21.8. The van der Waals surface area contributed by atoms with Gasteiger partial charge in [0, 0.05) is 37.0 Å². The predicted molar refractivity (Wildman–Crippen MR) is 127 cm³/mol. The van der Waals surface area contributed by atoms with Gasteiger partial charge in [0.2, 0.25) is 21.8 Å². The maximum absolute atomic E-state index is 13.2. The molecule has 3 heterocycles. The summed E-state index contributed by atoms with van der Waals surface area (Å²) in [6, 6.07) is 13.1. The molecule has 1 N–H and O–H groups in total. The second kappa shape index (κ2) is 8.77. The summed E-state index contributed by atoms with van der Waals surface area (Å²) in [6.45, 7) is 3.80. The topological polar surface area (TPSA) is 86.8 Å². The molecule has 0 radical (unpaired) electrons. The fourth-order valence-electron chi connectivity index (χ4n) is 4.78. The first-order valence-electron chi connectivity index (χ1n) is 11.3. The highest BCUT2D eigenvalue weighted by Gasteiger charge is 2.35. The highest BCUT2D eigenvalue weighted by Crippen LogP contribution is 2.37. The second-order valence-electron chi connectivity index (χ2n) is 8.86. The Morgan fingerprint density at radius 3 is 2.55 bits per heavy atom. The van der Waals surface area contributed by atoms with Crippen LogP contribution >= 0.6 is 11.8 Å². The van der Waals surface area contributed by atoms with Crippen molar-refractivity contribution in [2.45, 2.75) is 47.8 Å². The van der Waals surface area contributed by atoms with Gasteiger partial charge in [0.1, 0.15) is 0 Å². The van der Waals surface area contributed by atoms with E-state index in [0.29, 0.717) is 44.7 Å². The number of anilines is 1. The van der Waals surface area contributed by atoms with Crippen LogP contribution < -0.4 is 5.32 Å². The summed E-state index contributed by atoms with van der Waals surface area (Å²) >= 11 is 1.43. The van der Waals surface area contributed by atoms with Gasteiger partial charge in [0.25, 0.3) is 0 Å². The molecule has 174 valence electrons. The Kier molecular flexibility index (Phi) is 5.96. The average Bonchev–Trinajstić information content (AvgIpc) is 2.83. The lowest BCUT2D eigenvalue weighted by Crippen LogP contribution is -2.45. The molecular formula is C24H27N3O4S2. The van der Waals surface area contributed by atoms with Crippen molar-refractivity contribution >= 4 is 39.3 Å². The molecule has 3 aliphatic heterocycles. The highest BCUT2D eigenvalue weighted by atomic mass is 32.2. The van der Waals surface area contributed by atoms with Gasteiger partial charge < -0.3 is 10.2 Å². The predicted octanol–water partition coefficient (Wildman–Crippen LogP) is 3.10. The lowest BCUT2D eigenvalue weighted by atomic mass is 9.94. The lowest BCUT2D eigenvalue weighted by Gasteiger charge is -2.35. The van der Waals surface area contributed by atoms with Crippen molar-refractivity contribution in [2.24, 2.45) is 5.92 Å². The monoisotopic (exact) mass is 485 g/mol. The summed E-state index contributed by atoms with van der Waals surface area (Å²) in [6.07, 6.45) is 1.90. The van der Waals surface area contributed by atoms with Crippen molar-refractivity contribution in [3.63, 3.8) is 0 Å². The molecule has 1 saturated heterocycles. The second-order valence-corrected chi connectivity index (χ2v) is 12.2. The zero-order valence-electron chi connectivity index (χ0n) is 18.5. The van der Waals surface area contributed by atoms with E-state index >= 15 is 0 Å². The van der Waals surface area contributed by atoms with Gasteiger partial charge in [-0.05, 0) is 55.5 Å². The van der Waals surface area contributed by atoms with E-state index in [2.05, 4.69) is 17.4 Å². The number of amides is 2. The summed E-state index contributed by atoms with van der Waals surface area (Å²) in [4.78, 5) is 28.1. The summed E-state index contributed by atoms with van der Waals surface area (Å²) in [5, 5.41) is 2.59. The van der Waals surface area contributed by atoms with Crippen LogP contribution in [-0.2, 0) is 32.6 Å². The summed E-state index contributed by atoms with van der Waals surface area (Å²) < 4.78 is 28.0. The minimum Gasteiger partial charge on any atom is -0.338 e. The Bertz CT molecular complexity index is 1210. The van der Waals surface area contributed by atoms with Gasteiger partial charge in [-0.15, -0.1) is 11.8 Å². The minimum atomic E-state index is -3.69. The zero-order valence-corrected chi connectivity index (χ0v) is 20.1. The van der Waals surface area contributed by atoms with Crippen LogP contribution in [0.5, 0.6) is 0 Å². The van der Waals surface area contributed by atoms with E-state index in [1.54, 1.807) is 18.2 Å². The van der Waals surface area contributed by atoms with E-state index in [0.717, 1.165) is 11.3 Å². The van der Waals surface area contributed by atoms with E-state index in [1.807, 2.05) is 24.0 Å². The third kappa shape index (κ3) is 4.29. The third-order valence-electron chi connectivity index (χ3n) is 6.77. The van der Waals surface area contributed by atoms with E-state index in [-0.39, 0.29) is 27.9 Å². The Morgan fingerprint density at radius 2 is 1.79 bits per heavy atom. The Labute approximate surface area is 198 Å². The molecule has 1 fully saturated rings. The highest BCUT2D eigenvalue weighted by molar-refractivity contribution is 8.01. The Hall–Kier alpha value is -2.36. The standard InChI is InChI=1S/C24H27N3O4S2/c1-16-23(28)25-21-14-20(6-7-22(21)32-16)33(30,31)27-12-9-18(10-13-27)24(29)26-11-8-17-4-2-3-5-19(17)15-26/h2-7,14,16,18H,8-13,15H2,1H3,(H,25,28)/t16-/m0/s1. The summed E-state index contributed by atoms with van der Waals surface area (Å²) in [5.41, 5.74) is 3.04. The largest absolute Gasteiger partial charge is 0.338 e. The Balaban J connectivity index is 1.24. The molecule has 2 aromatic rings. The van der Waals surface area contributed by atoms with Crippen LogP contribution in [0, 0.1) is 5.92 Å². The molecule has 3 aliphatic rings. The van der Waals surface area contributed by atoms with Crippen molar-refractivity contribution in [1.82, 2.24) is 9.21 Å². The first-order chi connectivity index (χ1) is 15.8. The van der Waals surface area contributed by atoms with Gasteiger partial charge in [-0.2, -0.15) is 4.31 Å². The third-order valence-corrected chi connectivity index (χ3v) is 9.84. The smallest absolute Gasteiger partial charge is 0.243 e. The minimum absolute atomic E-state index is 0.123. The number of fused-ring (bicyclic) bond motifs is 2. The Morgan fingerprint density at radius 1 is 1.06 bits per heavy atom. The molecule has 1 atom stereocenters. The number of hydrogen-bond donors (Lipinski definition) is 1. The molecule has 0 spiro atoms. The first kappa shape index (κ1) is 22.4. The molecule has 0 unspecified atom stereocenters. The van der Waals surface area contributed by atoms with Crippen LogP contribution in [0.3, 0.4) is 0 Å². The molecule has 0 aliphatic carbocycles. The molecule has 5 rings (SSSR count). The van der Waals surface area contributed by atoms with Gasteiger partial charge in [0.05, 0.1) is 15.8 Å². The van der Waals surface area contributed by atoms with Crippen LogP contribution in [0.15, 0.2) is 52.3 Å². The van der Waals surface area contributed by atoms with Gasteiger partial charge in [0.15, 0.2) is 0 Å². The van der Waals surface area contributed by atoms with Crippen molar-refractivity contribution in [3.05, 3.63) is 53.6 Å². The number of nitrogens with zero attached hydrogens (tertiary/aromatic N) is 2. The van der Waals surface area contributed by atoms with Crippen molar-refractivity contribution < 1.29 is 18.0 Å². The quantitative estimate of drug-likeness (QED) is 0.722. The first-order valence-corrected chi connectivity index (χ1v) is 13.6. The molecule has 0 aromatic heterocycles. The number of nitrogens with one attached hydrogen (secondary N) is 1. The molecule has 7 nitrogen and oxygen atoms in total. The zero-order chi connectivity index (χ0) is 23.2. The van der Waals surface area contributed by atoms with Crippen LogP contribution in [0.2, 0.25) is 0 Å². The van der Waals surface area contributed by atoms with Crippen molar-refractivity contribution in [1.29, 1.82) is 0 Å². The van der Waals surface area contributed by atoms with Gasteiger partial charge >= 0.3 is 0 Å². The molecule has 9 heteroatoms. The lowest BCUT2D eigenvalue weighted by molar-refractivity contribution is -0.137. The van der Waals surface area contributed by atoms with Crippen LogP contribution in [0.4, 0.5) is 5.69 Å². The number of thioether (sulfide) groups is 1. The van der Waals surface area contributed by atoms with Crippen molar-refractivity contribution in [3.8, 4) is 0 Å². The number of carbonyl (C=O) groups excluding carboxylic acids is 2. The van der Waals surface area contributed by atoms with Gasteiger partial charge in [-0.1, -0.05) is 24.3 Å². The van der Waals surface area contributed by atoms with E-state index in [1.165, 1.54) is 27.2 Å². The summed E-state index contributed by atoms with van der Waals surface area (Å²) in [7, 11) is -3.69. The van der Waals surface area contributed by atoms with Crippen LogP contribution in [0.1, 0.15) is 30.9 Å². The molecule has 0 bridgehead atoms. The number of carbonyl (C=O) groups is 2. The SMILES string of the molecule is C[C@@H]1Sc2ccc(S(=O)(=O)N3CCC(C(=O)N4CCc5ccccc5C4)CC3)cc2NC1=O. The fourth-order valence-corrected chi connectivity index (χ4v) is 7.21. The maximum Gasteiger partial charge on any atom is 0.243 e.